The number of ether oxygens (including phenoxy) is 1. The fourth-order valence-electron chi connectivity index (χ4n) is 4.69. The molecule has 0 N–H and O–H groups in total. The molecule has 2 aliphatic heterocycles. The average molecular weight is 318 g/mol. The monoisotopic (exact) mass is 318 g/mol. The van der Waals surface area contributed by atoms with E-state index in [1.165, 1.54) is 4.90 Å². The Morgan fingerprint density at radius 1 is 1.17 bits per heavy atom. The van der Waals surface area contributed by atoms with E-state index >= 15 is 0 Å². The first-order chi connectivity index (χ1) is 11.1. The summed E-state index contributed by atoms with van der Waals surface area (Å²) in [7, 11) is 0. The molecule has 0 aromatic carbocycles. The molecule has 2 aliphatic carbocycles. The maximum Gasteiger partial charge on any atom is 0.246 e. The Morgan fingerprint density at radius 3 is 2.26 bits per heavy atom. The van der Waals surface area contributed by atoms with Gasteiger partial charge in [-0.3, -0.25) is 19.3 Å². The molecule has 23 heavy (non-hydrogen) atoms. The second-order valence-corrected chi connectivity index (χ2v) is 6.91. The topological polar surface area (TPSA) is 66.9 Å². The van der Waals surface area contributed by atoms with Gasteiger partial charge in [0, 0.05) is 13.1 Å². The predicted molar refractivity (Wildman–Crippen MR) is 81.0 cm³/mol. The molecule has 124 valence electrons. The van der Waals surface area contributed by atoms with Gasteiger partial charge in [0.25, 0.3) is 0 Å². The number of carbonyl (C=O) groups is 3. The minimum absolute atomic E-state index is 0.113. The quantitative estimate of drug-likeness (QED) is 0.559. The number of rotatable bonds is 3. The van der Waals surface area contributed by atoms with Gasteiger partial charge in [-0.1, -0.05) is 19.1 Å². The maximum absolute atomic E-state index is 12.9. The van der Waals surface area contributed by atoms with Crippen LogP contribution in [0, 0.1) is 23.7 Å². The number of hydrogen-bond acceptors (Lipinski definition) is 4. The third-order valence-corrected chi connectivity index (χ3v) is 5.81. The van der Waals surface area contributed by atoms with Crippen molar-refractivity contribution < 1.29 is 19.1 Å². The first-order valence-electron chi connectivity index (χ1n) is 8.55. The molecule has 1 saturated carbocycles. The van der Waals surface area contributed by atoms with E-state index in [0.717, 1.165) is 6.42 Å². The molecular formula is C17H22N2O4. The van der Waals surface area contributed by atoms with Crippen molar-refractivity contribution in [2.45, 2.75) is 25.8 Å². The van der Waals surface area contributed by atoms with Gasteiger partial charge in [-0.05, 0) is 24.7 Å². The van der Waals surface area contributed by atoms with E-state index in [9.17, 15) is 14.4 Å². The Balaban J connectivity index is 1.57. The summed E-state index contributed by atoms with van der Waals surface area (Å²) in [6, 6.07) is -0.655. The smallest absolute Gasteiger partial charge is 0.246 e. The molecule has 3 fully saturated rings. The van der Waals surface area contributed by atoms with Crippen LogP contribution in [0.5, 0.6) is 0 Å². The third-order valence-electron chi connectivity index (χ3n) is 5.81. The van der Waals surface area contributed by atoms with E-state index in [1.807, 2.05) is 6.92 Å². The minimum Gasteiger partial charge on any atom is -0.378 e. The number of allylic oxidation sites excluding steroid dienone is 2. The van der Waals surface area contributed by atoms with Crippen LogP contribution in [0.15, 0.2) is 12.2 Å². The summed E-state index contributed by atoms with van der Waals surface area (Å²) < 4.78 is 5.28. The van der Waals surface area contributed by atoms with Gasteiger partial charge in [0.1, 0.15) is 6.04 Å². The molecule has 2 heterocycles. The van der Waals surface area contributed by atoms with Crippen LogP contribution in [0.1, 0.15) is 19.8 Å². The molecule has 6 nitrogen and oxygen atoms in total. The molecule has 2 bridgehead atoms. The highest BCUT2D eigenvalue weighted by molar-refractivity contribution is 6.09. The van der Waals surface area contributed by atoms with Crippen LogP contribution >= 0.6 is 0 Å². The summed E-state index contributed by atoms with van der Waals surface area (Å²) in [4.78, 5) is 41.5. The van der Waals surface area contributed by atoms with Gasteiger partial charge >= 0.3 is 0 Å². The number of carbonyl (C=O) groups excluding carboxylic acids is 3. The number of nitrogens with zero attached hydrogens (tertiary/aromatic N) is 2. The zero-order valence-corrected chi connectivity index (χ0v) is 13.3. The number of likely N-dealkylation sites (tertiary alicyclic amines) is 1. The number of morpholine rings is 1. The lowest BCUT2D eigenvalue weighted by atomic mass is 9.85. The Bertz CT molecular complexity index is 551. The maximum atomic E-state index is 12.9. The number of amides is 3. The van der Waals surface area contributed by atoms with Crippen molar-refractivity contribution in [2.75, 3.05) is 26.3 Å². The van der Waals surface area contributed by atoms with Gasteiger partial charge in [-0.25, -0.2) is 0 Å². The molecule has 0 aromatic rings. The zero-order chi connectivity index (χ0) is 16.1. The molecule has 4 rings (SSSR count). The van der Waals surface area contributed by atoms with Crippen LogP contribution in [-0.2, 0) is 19.1 Å². The average Bonchev–Trinajstić information content (AvgIpc) is 3.25. The van der Waals surface area contributed by atoms with E-state index in [2.05, 4.69) is 12.2 Å². The summed E-state index contributed by atoms with van der Waals surface area (Å²) in [6.45, 7) is 3.97. The van der Waals surface area contributed by atoms with E-state index in [1.54, 1.807) is 4.90 Å². The molecule has 0 spiro atoms. The van der Waals surface area contributed by atoms with Gasteiger partial charge in [0.05, 0.1) is 25.0 Å². The van der Waals surface area contributed by atoms with Crippen molar-refractivity contribution in [1.29, 1.82) is 0 Å². The van der Waals surface area contributed by atoms with Gasteiger partial charge in [-0.15, -0.1) is 0 Å². The molecule has 6 heteroatoms. The van der Waals surface area contributed by atoms with Gasteiger partial charge < -0.3 is 9.64 Å². The summed E-state index contributed by atoms with van der Waals surface area (Å²) in [6.07, 6.45) is 5.53. The summed E-state index contributed by atoms with van der Waals surface area (Å²) in [5.41, 5.74) is 0. The van der Waals surface area contributed by atoms with Crippen molar-refractivity contribution in [1.82, 2.24) is 9.80 Å². The molecule has 0 aromatic heterocycles. The van der Waals surface area contributed by atoms with Crippen LogP contribution in [0.3, 0.4) is 0 Å². The second kappa shape index (κ2) is 5.44. The van der Waals surface area contributed by atoms with Crippen molar-refractivity contribution in [2.24, 2.45) is 23.7 Å². The predicted octanol–water partition coefficient (Wildman–Crippen LogP) is 0.431. The molecule has 0 radical (unpaired) electrons. The van der Waals surface area contributed by atoms with Crippen LogP contribution < -0.4 is 0 Å². The number of hydrogen-bond donors (Lipinski definition) is 0. The van der Waals surface area contributed by atoms with Gasteiger partial charge in [-0.2, -0.15) is 0 Å². The third kappa shape index (κ3) is 2.07. The first kappa shape index (κ1) is 14.9. The fourth-order valence-corrected chi connectivity index (χ4v) is 4.69. The highest BCUT2D eigenvalue weighted by Crippen LogP contribution is 2.53. The molecule has 5 unspecified atom stereocenters. The van der Waals surface area contributed by atoms with Crippen molar-refractivity contribution in [3.8, 4) is 0 Å². The fraction of sp³-hybridized carbons (Fsp3) is 0.706. The van der Waals surface area contributed by atoms with Crippen LogP contribution in [-0.4, -0.2) is 59.9 Å². The highest BCUT2D eigenvalue weighted by Gasteiger charge is 2.61. The van der Waals surface area contributed by atoms with E-state index in [0.29, 0.717) is 32.7 Å². The molecular weight excluding hydrogens is 296 g/mol. The Hall–Kier alpha value is -1.69. The summed E-state index contributed by atoms with van der Waals surface area (Å²) in [5, 5.41) is 0. The molecule has 5 atom stereocenters. The largest absolute Gasteiger partial charge is 0.378 e. The number of imide groups is 1. The summed E-state index contributed by atoms with van der Waals surface area (Å²) >= 11 is 0. The zero-order valence-electron chi connectivity index (χ0n) is 13.3. The van der Waals surface area contributed by atoms with Crippen molar-refractivity contribution in [3.63, 3.8) is 0 Å². The molecule has 4 aliphatic rings. The Kier molecular flexibility index (Phi) is 3.52. The first-order valence-corrected chi connectivity index (χ1v) is 8.55. The van der Waals surface area contributed by atoms with Crippen molar-refractivity contribution in [3.05, 3.63) is 12.2 Å². The lowest BCUT2D eigenvalue weighted by molar-refractivity contribution is -0.154. The van der Waals surface area contributed by atoms with Crippen LogP contribution in [0.2, 0.25) is 0 Å². The number of fused-ring (bicyclic) bond motifs is 5. The second-order valence-electron chi connectivity index (χ2n) is 6.91. The highest BCUT2D eigenvalue weighted by atomic mass is 16.5. The standard InChI is InChI=1S/C17H22N2O4/c1-2-12(15(20)18-5-7-23-8-6-18)19-16(21)13-10-3-4-11(9-10)14(13)17(19)22/h3-4,10-14H,2,5-9H2,1H3. The minimum atomic E-state index is -0.655. The van der Waals surface area contributed by atoms with E-state index in [-0.39, 0.29) is 41.4 Å². The Labute approximate surface area is 135 Å². The normalized spacial score (nSPS) is 36.7. The van der Waals surface area contributed by atoms with Crippen LogP contribution in [0.4, 0.5) is 0 Å². The molecule has 3 amide bonds. The lowest BCUT2D eigenvalue weighted by Crippen LogP contribution is -2.53. The van der Waals surface area contributed by atoms with Crippen molar-refractivity contribution >= 4 is 17.7 Å². The van der Waals surface area contributed by atoms with E-state index in [4.69, 9.17) is 4.74 Å². The van der Waals surface area contributed by atoms with Crippen LogP contribution in [0.25, 0.3) is 0 Å². The molecule has 2 saturated heterocycles. The SMILES string of the molecule is CCC(C(=O)N1CCOCC1)N1C(=O)C2C3C=CC(C3)C2C1=O. The Morgan fingerprint density at radius 2 is 1.74 bits per heavy atom. The summed E-state index contributed by atoms with van der Waals surface area (Å²) in [5.74, 6) is -0.480. The van der Waals surface area contributed by atoms with E-state index < -0.39 is 6.04 Å². The lowest BCUT2D eigenvalue weighted by Gasteiger charge is -2.33. The van der Waals surface area contributed by atoms with Gasteiger partial charge in [0.15, 0.2) is 0 Å². The van der Waals surface area contributed by atoms with Gasteiger partial charge in [0.2, 0.25) is 17.7 Å².